The molecule has 0 aromatic heterocycles. The Morgan fingerprint density at radius 1 is 0.909 bits per heavy atom. The van der Waals surface area contributed by atoms with E-state index in [1.807, 2.05) is 34.6 Å². The van der Waals surface area contributed by atoms with E-state index in [0.29, 0.717) is 6.42 Å². The summed E-state index contributed by atoms with van der Waals surface area (Å²) in [5, 5.41) is 17.7. The summed E-state index contributed by atoms with van der Waals surface area (Å²) in [5.74, 6) is -3.47. The van der Waals surface area contributed by atoms with Crippen molar-refractivity contribution >= 4 is 19.1 Å². The van der Waals surface area contributed by atoms with Gasteiger partial charge in [0, 0.05) is 17.5 Å². The van der Waals surface area contributed by atoms with Crippen molar-refractivity contribution in [3.8, 4) is 0 Å². The predicted molar refractivity (Wildman–Crippen MR) is 89.1 cm³/mol. The first kappa shape index (κ1) is 21.2. The number of hydrogen-bond donors (Lipinski definition) is 2. The summed E-state index contributed by atoms with van der Waals surface area (Å²) in [6.07, 6.45) is 0.738. The van der Waals surface area contributed by atoms with Crippen molar-refractivity contribution in [3.63, 3.8) is 0 Å². The molecule has 0 spiro atoms. The zero-order valence-electron chi connectivity index (χ0n) is 14.8. The number of carboxylic acid groups (broad SMARTS) is 2. The van der Waals surface area contributed by atoms with E-state index in [2.05, 4.69) is 0 Å². The third-order valence-corrected chi connectivity index (χ3v) is 8.69. The molecule has 6 heteroatoms. The summed E-state index contributed by atoms with van der Waals surface area (Å²) in [5.41, 5.74) is -0.0713. The zero-order valence-corrected chi connectivity index (χ0v) is 15.7. The van der Waals surface area contributed by atoms with Crippen LogP contribution in [0.4, 0.5) is 0 Å². The largest absolute Gasteiger partial charge is 0.481 e. The van der Waals surface area contributed by atoms with Crippen LogP contribution in [0, 0.1) is 17.3 Å². The highest BCUT2D eigenvalue weighted by Crippen LogP contribution is 2.63. The lowest BCUT2D eigenvalue weighted by atomic mass is 9.86. The molecule has 0 saturated carbocycles. The number of carboxylic acids is 2. The first-order valence-corrected chi connectivity index (χ1v) is 9.73. The van der Waals surface area contributed by atoms with Gasteiger partial charge in [-0.05, 0) is 11.8 Å². The molecule has 0 aliphatic carbocycles. The topological polar surface area (TPSA) is 91.7 Å². The highest BCUT2D eigenvalue weighted by molar-refractivity contribution is 7.65. The normalized spacial score (nSPS) is 18.3. The smallest absolute Gasteiger partial charge is 0.306 e. The second-order valence-corrected chi connectivity index (χ2v) is 12.0. The summed E-state index contributed by atoms with van der Waals surface area (Å²) in [6.45, 7) is 13.0. The van der Waals surface area contributed by atoms with Crippen molar-refractivity contribution in [1.82, 2.24) is 0 Å². The monoisotopic (exact) mass is 334 g/mol. The van der Waals surface area contributed by atoms with E-state index in [9.17, 15) is 14.2 Å². The maximum absolute atomic E-state index is 13.6. The molecule has 130 valence electrons. The minimum Gasteiger partial charge on any atom is -0.481 e. The van der Waals surface area contributed by atoms with Crippen molar-refractivity contribution < 1.29 is 24.4 Å². The second kappa shape index (κ2) is 7.16. The van der Waals surface area contributed by atoms with Crippen LogP contribution in [0.1, 0.15) is 54.9 Å². The molecule has 0 saturated heterocycles. The molecule has 0 aliphatic rings. The van der Waals surface area contributed by atoms with Crippen LogP contribution in [-0.2, 0) is 14.2 Å². The van der Waals surface area contributed by atoms with Gasteiger partial charge in [-0.2, -0.15) is 0 Å². The van der Waals surface area contributed by atoms with Gasteiger partial charge in [0.1, 0.15) is 0 Å². The molecule has 0 amide bonds. The van der Waals surface area contributed by atoms with Gasteiger partial charge in [-0.25, -0.2) is 0 Å². The van der Waals surface area contributed by atoms with Crippen LogP contribution in [0.3, 0.4) is 0 Å². The molecular weight excluding hydrogens is 303 g/mol. The van der Waals surface area contributed by atoms with Gasteiger partial charge in [0.05, 0.1) is 19.0 Å². The average molecular weight is 334 g/mol. The molecule has 0 heterocycles. The maximum atomic E-state index is 13.6. The summed E-state index contributed by atoms with van der Waals surface area (Å²) >= 11 is 0. The maximum Gasteiger partial charge on any atom is 0.306 e. The molecule has 2 N–H and O–H groups in total. The van der Waals surface area contributed by atoms with Crippen LogP contribution in [0.15, 0.2) is 0 Å². The van der Waals surface area contributed by atoms with Crippen molar-refractivity contribution in [2.45, 2.75) is 60.0 Å². The Bertz CT molecular complexity index is 436. The molecule has 0 aromatic rings. The zero-order chi connectivity index (χ0) is 17.9. The molecule has 0 bridgehead atoms. The minimum atomic E-state index is -3.00. The van der Waals surface area contributed by atoms with Crippen LogP contribution < -0.4 is 0 Å². The third-order valence-electron chi connectivity index (χ3n) is 4.05. The lowest BCUT2D eigenvalue weighted by Crippen LogP contribution is -2.34. The molecule has 22 heavy (non-hydrogen) atoms. The highest BCUT2D eigenvalue weighted by Gasteiger charge is 2.45. The second-order valence-electron chi connectivity index (χ2n) is 8.28. The first-order valence-electron chi connectivity index (χ1n) is 7.65. The van der Waals surface area contributed by atoms with Crippen LogP contribution in [0.2, 0.25) is 0 Å². The van der Waals surface area contributed by atoms with Crippen LogP contribution >= 0.6 is 7.14 Å². The molecule has 5 nitrogen and oxygen atoms in total. The molecule has 0 rings (SSSR count). The number of aliphatic carboxylic acids is 2. The van der Waals surface area contributed by atoms with E-state index >= 15 is 0 Å². The highest BCUT2D eigenvalue weighted by atomic mass is 31.2. The molecule has 0 fully saturated rings. The summed E-state index contributed by atoms with van der Waals surface area (Å²) in [7, 11) is -3.00. The lowest BCUT2D eigenvalue weighted by Gasteiger charge is -2.40. The summed E-state index contributed by atoms with van der Waals surface area (Å²) in [6, 6.07) is 0. The van der Waals surface area contributed by atoms with E-state index < -0.39 is 36.1 Å². The minimum absolute atomic E-state index is 0.0447. The van der Waals surface area contributed by atoms with Gasteiger partial charge in [0.2, 0.25) is 0 Å². The van der Waals surface area contributed by atoms with E-state index in [0.717, 1.165) is 0 Å². The van der Waals surface area contributed by atoms with Gasteiger partial charge in [-0.3, -0.25) is 9.59 Å². The quantitative estimate of drug-likeness (QED) is 0.654. The molecule has 0 radical (unpaired) electrons. The molecule has 0 aromatic carbocycles. The lowest BCUT2D eigenvalue weighted by molar-refractivity contribution is -0.141. The van der Waals surface area contributed by atoms with E-state index in [-0.39, 0.29) is 17.7 Å². The average Bonchev–Trinajstić information content (AvgIpc) is 2.24. The van der Waals surface area contributed by atoms with Crippen LogP contribution in [-0.4, -0.2) is 39.6 Å². The Kier molecular flexibility index (Phi) is 6.89. The fourth-order valence-electron chi connectivity index (χ4n) is 3.05. The van der Waals surface area contributed by atoms with E-state index in [1.54, 1.807) is 0 Å². The standard InChI is InChI=1S/C16H31O5P/c1-11(13(17)18)8-22(21,9-12(2)14(19)20)16(6,7)10-15(3,4)5/h11-12H,8-10H2,1-7H3,(H,17,18)(H,19,20). The predicted octanol–water partition coefficient (Wildman–Crippen LogP) is 4.01. The SMILES string of the molecule is CC(CP(=O)(CC(C)C(=O)O)C(C)(C)CC(C)(C)C)C(=O)O. The van der Waals surface area contributed by atoms with Crippen molar-refractivity contribution in [2.24, 2.45) is 17.3 Å². The van der Waals surface area contributed by atoms with Crippen LogP contribution in [0.25, 0.3) is 0 Å². The van der Waals surface area contributed by atoms with Crippen molar-refractivity contribution in [1.29, 1.82) is 0 Å². The molecule has 2 atom stereocenters. The molecule has 2 unspecified atom stereocenters. The van der Waals surface area contributed by atoms with Gasteiger partial charge in [-0.1, -0.05) is 48.5 Å². The summed E-state index contributed by atoms with van der Waals surface area (Å²) in [4.78, 5) is 22.3. The van der Waals surface area contributed by atoms with Crippen molar-refractivity contribution in [3.05, 3.63) is 0 Å². The van der Waals surface area contributed by atoms with Gasteiger partial charge in [0.15, 0.2) is 0 Å². The van der Waals surface area contributed by atoms with E-state index in [1.165, 1.54) is 13.8 Å². The van der Waals surface area contributed by atoms with Gasteiger partial charge >= 0.3 is 11.9 Å². The Hall–Kier alpha value is -0.830. The van der Waals surface area contributed by atoms with Gasteiger partial charge in [0.25, 0.3) is 0 Å². The van der Waals surface area contributed by atoms with Gasteiger partial charge < -0.3 is 14.8 Å². The van der Waals surface area contributed by atoms with E-state index in [4.69, 9.17) is 10.2 Å². The number of rotatable bonds is 8. The third kappa shape index (κ3) is 6.12. The van der Waals surface area contributed by atoms with Crippen molar-refractivity contribution in [2.75, 3.05) is 12.3 Å². The molecule has 0 aliphatic heterocycles. The fraction of sp³-hybridized carbons (Fsp3) is 0.875. The Morgan fingerprint density at radius 2 is 1.23 bits per heavy atom. The van der Waals surface area contributed by atoms with Gasteiger partial charge in [-0.15, -0.1) is 0 Å². The van der Waals surface area contributed by atoms with Crippen LogP contribution in [0.5, 0.6) is 0 Å². The first-order chi connectivity index (χ1) is 9.61. The Morgan fingerprint density at radius 3 is 1.45 bits per heavy atom. The number of hydrogen-bond acceptors (Lipinski definition) is 3. The molecular formula is C16H31O5P. The number of carbonyl (C=O) groups is 2. The fourth-order valence-corrected chi connectivity index (χ4v) is 7.03. The summed E-state index contributed by atoms with van der Waals surface area (Å²) < 4.78 is 13.6. The Balaban J connectivity index is 5.62. The Labute approximate surface area is 133 Å².